The Morgan fingerprint density at radius 1 is 1.36 bits per heavy atom. The molecule has 1 aliphatic rings. The van der Waals surface area contributed by atoms with Gasteiger partial charge in [0, 0.05) is 44.3 Å². The van der Waals surface area contributed by atoms with E-state index in [1.165, 1.54) is 0 Å². The van der Waals surface area contributed by atoms with Crippen LogP contribution in [-0.4, -0.2) is 41.0 Å². The molecule has 7 heteroatoms. The van der Waals surface area contributed by atoms with Gasteiger partial charge in [0.25, 0.3) is 0 Å². The minimum absolute atomic E-state index is 0.492. The second-order valence-corrected chi connectivity index (χ2v) is 6.73. The van der Waals surface area contributed by atoms with Crippen molar-refractivity contribution in [2.45, 2.75) is 13.5 Å². The smallest absolute Gasteiger partial charge is 0.147 e. The van der Waals surface area contributed by atoms with Crippen LogP contribution in [0.25, 0.3) is 0 Å². The number of aromatic nitrogens is 2. The lowest BCUT2D eigenvalue weighted by Gasteiger charge is -2.35. The summed E-state index contributed by atoms with van der Waals surface area (Å²) in [7, 11) is 0. The maximum Gasteiger partial charge on any atom is 0.147 e. The Balaban J connectivity index is 1.61. The lowest BCUT2D eigenvalue weighted by Crippen LogP contribution is -2.46. The average Bonchev–Trinajstić information content (AvgIpc) is 2.93. The highest BCUT2D eigenvalue weighted by Gasteiger charge is 2.20. The van der Waals surface area contributed by atoms with E-state index in [9.17, 15) is 0 Å². The van der Waals surface area contributed by atoms with Crippen molar-refractivity contribution >= 4 is 28.8 Å². The number of nitrogens with zero attached hydrogens (tertiary/aromatic N) is 5. The number of aryl methyl sites for hydroxylation is 1. The normalized spacial score (nSPS) is 15.8. The highest BCUT2D eigenvalue weighted by molar-refractivity contribution is 7.09. The number of thiazole rings is 1. The van der Waals surface area contributed by atoms with E-state index in [1.54, 1.807) is 23.6 Å². The first-order valence-corrected chi connectivity index (χ1v) is 8.35. The summed E-state index contributed by atoms with van der Waals surface area (Å²) in [4.78, 5) is 13.4. The molecular weight excluding hydrogens is 318 g/mol. The predicted molar refractivity (Wildman–Crippen MR) is 88.3 cm³/mol. The second kappa shape index (κ2) is 6.61. The first-order chi connectivity index (χ1) is 10.7. The monoisotopic (exact) mass is 333 g/mol. The molecule has 5 nitrogen and oxygen atoms in total. The quantitative estimate of drug-likeness (QED) is 0.864. The Bertz CT molecular complexity index is 700. The summed E-state index contributed by atoms with van der Waals surface area (Å²) in [5.74, 6) is 0.768. The predicted octanol–water partition coefficient (Wildman–Crippen LogP) is 2.69. The standard InChI is InChI=1S/C15H16ClN5S/c1-11-19-13(10-22-11)9-20-2-4-21(5-3-20)15-14(16)6-12(7-17)8-18-15/h6,8,10H,2-5,9H2,1H3. The molecule has 0 aliphatic carbocycles. The van der Waals surface area contributed by atoms with Gasteiger partial charge in [0.1, 0.15) is 11.9 Å². The van der Waals surface area contributed by atoms with Gasteiger partial charge in [-0.25, -0.2) is 9.97 Å². The van der Waals surface area contributed by atoms with E-state index in [-0.39, 0.29) is 0 Å². The minimum Gasteiger partial charge on any atom is -0.353 e. The van der Waals surface area contributed by atoms with E-state index in [2.05, 4.69) is 31.2 Å². The molecule has 1 fully saturated rings. The molecule has 114 valence electrons. The zero-order valence-corrected chi connectivity index (χ0v) is 13.9. The number of nitriles is 1. The lowest BCUT2D eigenvalue weighted by atomic mass is 10.2. The van der Waals surface area contributed by atoms with E-state index in [0.717, 1.165) is 49.2 Å². The number of pyridine rings is 1. The number of piperazine rings is 1. The maximum atomic E-state index is 8.87. The number of halogens is 1. The van der Waals surface area contributed by atoms with Gasteiger partial charge in [0.05, 0.1) is 21.3 Å². The SMILES string of the molecule is Cc1nc(CN2CCN(c3ncc(C#N)cc3Cl)CC2)cs1. The van der Waals surface area contributed by atoms with Crippen LogP contribution in [0.15, 0.2) is 17.6 Å². The van der Waals surface area contributed by atoms with E-state index in [1.807, 2.05) is 6.92 Å². The molecule has 3 rings (SSSR count). The lowest BCUT2D eigenvalue weighted by molar-refractivity contribution is 0.247. The third kappa shape index (κ3) is 3.38. The van der Waals surface area contributed by atoms with Crippen molar-refractivity contribution in [1.82, 2.24) is 14.9 Å². The first kappa shape index (κ1) is 15.2. The topological polar surface area (TPSA) is 56.1 Å². The molecule has 0 unspecified atom stereocenters. The van der Waals surface area contributed by atoms with Crippen LogP contribution < -0.4 is 4.90 Å². The van der Waals surface area contributed by atoms with Crippen LogP contribution in [0.5, 0.6) is 0 Å². The fourth-order valence-corrected chi connectivity index (χ4v) is 3.44. The van der Waals surface area contributed by atoms with Crippen molar-refractivity contribution in [3.05, 3.63) is 38.9 Å². The van der Waals surface area contributed by atoms with Crippen LogP contribution in [0.2, 0.25) is 5.02 Å². The van der Waals surface area contributed by atoms with E-state index in [0.29, 0.717) is 10.6 Å². The molecule has 0 saturated carbocycles. The molecular formula is C15H16ClN5S. The summed E-state index contributed by atoms with van der Waals surface area (Å²) < 4.78 is 0. The molecule has 0 amide bonds. The number of hydrogen-bond acceptors (Lipinski definition) is 6. The van der Waals surface area contributed by atoms with Crippen LogP contribution in [0.1, 0.15) is 16.3 Å². The Morgan fingerprint density at radius 2 is 2.14 bits per heavy atom. The molecule has 0 atom stereocenters. The second-order valence-electron chi connectivity index (χ2n) is 5.26. The highest BCUT2D eigenvalue weighted by Crippen LogP contribution is 2.25. The molecule has 3 heterocycles. The van der Waals surface area contributed by atoms with Gasteiger partial charge < -0.3 is 4.90 Å². The Labute approximate surface area is 138 Å². The van der Waals surface area contributed by atoms with Crippen molar-refractivity contribution in [3.63, 3.8) is 0 Å². The third-order valence-corrected chi connectivity index (χ3v) is 4.78. The van der Waals surface area contributed by atoms with Crippen LogP contribution in [0.4, 0.5) is 5.82 Å². The van der Waals surface area contributed by atoms with Crippen LogP contribution in [0.3, 0.4) is 0 Å². The van der Waals surface area contributed by atoms with E-state index in [4.69, 9.17) is 16.9 Å². The molecule has 22 heavy (non-hydrogen) atoms. The fraction of sp³-hybridized carbons (Fsp3) is 0.400. The van der Waals surface area contributed by atoms with Gasteiger partial charge >= 0.3 is 0 Å². The molecule has 0 N–H and O–H groups in total. The number of rotatable bonds is 3. The fourth-order valence-electron chi connectivity index (χ4n) is 2.55. The van der Waals surface area contributed by atoms with Crippen molar-refractivity contribution in [2.24, 2.45) is 0 Å². The zero-order valence-electron chi connectivity index (χ0n) is 12.3. The molecule has 0 aromatic carbocycles. The van der Waals surface area contributed by atoms with Crippen LogP contribution >= 0.6 is 22.9 Å². The summed E-state index contributed by atoms with van der Waals surface area (Å²) in [5, 5.41) is 12.6. The highest BCUT2D eigenvalue weighted by atomic mass is 35.5. The molecule has 2 aromatic rings. The first-order valence-electron chi connectivity index (χ1n) is 7.09. The van der Waals surface area contributed by atoms with Crippen molar-refractivity contribution in [1.29, 1.82) is 5.26 Å². The summed E-state index contributed by atoms with van der Waals surface area (Å²) in [5.41, 5.74) is 1.64. The Morgan fingerprint density at radius 3 is 2.73 bits per heavy atom. The molecule has 2 aromatic heterocycles. The van der Waals surface area contributed by atoms with Gasteiger partial charge in [0.15, 0.2) is 0 Å². The number of anilines is 1. The summed E-state index contributed by atoms with van der Waals surface area (Å²) in [6.07, 6.45) is 1.58. The van der Waals surface area contributed by atoms with Gasteiger partial charge in [-0.05, 0) is 13.0 Å². The Hall–Kier alpha value is -1.68. The van der Waals surface area contributed by atoms with Gasteiger partial charge in [-0.2, -0.15) is 5.26 Å². The minimum atomic E-state index is 0.492. The van der Waals surface area contributed by atoms with E-state index >= 15 is 0 Å². The van der Waals surface area contributed by atoms with Crippen molar-refractivity contribution in [2.75, 3.05) is 31.1 Å². The Kier molecular flexibility index (Phi) is 4.57. The average molecular weight is 334 g/mol. The van der Waals surface area contributed by atoms with Crippen LogP contribution in [0, 0.1) is 18.3 Å². The summed E-state index contributed by atoms with van der Waals surface area (Å²) >= 11 is 7.93. The largest absolute Gasteiger partial charge is 0.353 e. The summed E-state index contributed by atoms with van der Waals surface area (Å²) in [6.45, 7) is 6.59. The van der Waals surface area contributed by atoms with Gasteiger partial charge in [-0.15, -0.1) is 11.3 Å². The van der Waals surface area contributed by atoms with Gasteiger partial charge in [-0.1, -0.05) is 11.6 Å². The van der Waals surface area contributed by atoms with Crippen LogP contribution in [-0.2, 0) is 6.54 Å². The molecule has 0 bridgehead atoms. The van der Waals surface area contributed by atoms with Crippen molar-refractivity contribution in [3.8, 4) is 6.07 Å². The molecule has 0 radical (unpaired) electrons. The molecule has 0 spiro atoms. The van der Waals surface area contributed by atoms with E-state index < -0.39 is 0 Å². The molecule has 1 saturated heterocycles. The molecule has 1 aliphatic heterocycles. The summed E-state index contributed by atoms with van der Waals surface area (Å²) in [6, 6.07) is 3.73. The van der Waals surface area contributed by atoms with Crippen molar-refractivity contribution < 1.29 is 0 Å². The van der Waals surface area contributed by atoms with Gasteiger partial charge in [0.2, 0.25) is 0 Å². The van der Waals surface area contributed by atoms with Gasteiger partial charge in [-0.3, -0.25) is 4.90 Å². The number of hydrogen-bond donors (Lipinski definition) is 0. The maximum absolute atomic E-state index is 8.87. The third-order valence-electron chi connectivity index (χ3n) is 3.67. The zero-order chi connectivity index (χ0) is 15.5.